The first-order valence-corrected chi connectivity index (χ1v) is 8.61. The molecule has 19 heteroatoms. The summed E-state index contributed by atoms with van der Waals surface area (Å²) in [4.78, 5) is 0. The van der Waals surface area contributed by atoms with Gasteiger partial charge in [0, 0.05) is 6.61 Å². The second kappa shape index (κ2) is 9.44. The van der Waals surface area contributed by atoms with Crippen molar-refractivity contribution < 1.29 is 84.5 Å². The van der Waals surface area contributed by atoms with Crippen LogP contribution in [0.1, 0.15) is 5.56 Å². The second-order valence-electron chi connectivity index (χ2n) is 6.73. The molecule has 1 N–H and O–H groups in total. The predicted octanol–water partition coefficient (Wildman–Crippen LogP) is 7.08. The minimum Gasteiger partial charge on any atom is -0.452 e. The quantitative estimate of drug-likeness (QED) is 0.294. The number of aliphatic hydroxyl groups excluding tert-OH is 1. The summed E-state index contributed by atoms with van der Waals surface area (Å²) in [6.07, 6.45) is -39.7. The lowest BCUT2D eigenvalue weighted by atomic mass is 9.79. The molecule has 0 saturated heterocycles. The lowest BCUT2D eigenvalue weighted by molar-refractivity contribution is -0.365. The molecule has 1 aromatic rings. The van der Waals surface area contributed by atoms with Gasteiger partial charge in [-0.2, -0.15) is 65.9 Å². The van der Waals surface area contributed by atoms with Crippen molar-refractivity contribution in [1.82, 2.24) is 0 Å². The Labute approximate surface area is 187 Å². The molecule has 0 radical (unpaired) electrons. The Morgan fingerprint density at radius 1 is 0.583 bits per heavy atom. The predicted molar refractivity (Wildman–Crippen MR) is 82.8 cm³/mol. The van der Waals surface area contributed by atoms with Crippen LogP contribution in [0.25, 0.3) is 0 Å². The van der Waals surface area contributed by atoms with Crippen LogP contribution in [-0.4, -0.2) is 53.9 Å². The van der Waals surface area contributed by atoms with Crippen molar-refractivity contribution >= 4 is 0 Å². The Balaban J connectivity index is 4.38. The Bertz CT molecular complexity index is 861. The van der Waals surface area contributed by atoms with E-state index in [9.17, 15) is 74.6 Å². The SMILES string of the molecule is OCCc1ccc(OC(=C(C(F)(C(F)(F)F)C(F)(F)F)C(F)(C(F)(F)F)C(F)(F)F)C(F)(F)F)cc1. The molecule has 0 amide bonds. The van der Waals surface area contributed by atoms with E-state index in [4.69, 9.17) is 5.11 Å². The van der Waals surface area contributed by atoms with Crippen LogP contribution in [-0.2, 0) is 6.42 Å². The minimum atomic E-state index is -8.22. The van der Waals surface area contributed by atoms with Gasteiger partial charge < -0.3 is 9.84 Å². The van der Waals surface area contributed by atoms with Gasteiger partial charge >= 0.3 is 42.2 Å². The number of rotatable bonds is 6. The summed E-state index contributed by atoms with van der Waals surface area (Å²) in [7, 11) is 0. The number of hydrogen-bond acceptors (Lipinski definition) is 2. The highest BCUT2D eigenvalue weighted by molar-refractivity contribution is 5.42. The van der Waals surface area contributed by atoms with Crippen molar-refractivity contribution in [3.05, 3.63) is 41.2 Å². The van der Waals surface area contributed by atoms with E-state index in [1.54, 1.807) is 0 Å². The average Bonchev–Trinajstić information content (AvgIpc) is 2.64. The molecule has 0 unspecified atom stereocenters. The number of alkyl halides is 17. The molecule has 0 aliphatic heterocycles. The molecular weight excluding hydrogens is 559 g/mol. The van der Waals surface area contributed by atoms with E-state index < -0.39 is 65.9 Å². The van der Waals surface area contributed by atoms with Gasteiger partial charge in [0.15, 0.2) is 0 Å². The van der Waals surface area contributed by atoms with Gasteiger partial charge in [-0.25, -0.2) is 8.78 Å². The zero-order valence-corrected chi connectivity index (χ0v) is 16.5. The third-order valence-corrected chi connectivity index (χ3v) is 4.28. The summed E-state index contributed by atoms with van der Waals surface area (Å²) in [5.41, 5.74) is -22.0. The molecule has 0 fully saturated rings. The van der Waals surface area contributed by atoms with Gasteiger partial charge in [0.05, 0.1) is 5.57 Å². The fourth-order valence-electron chi connectivity index (χ4n) is 2.66. The lowest BCUT2D eigenvalue weighted by Crippen LogP contribution is -2.67. The molecule has 0 bridgehead atoms. The van der Waals surface area contributed by atoms with E-state index in [1.807, 2.05) is 0 Å². The van der Waals surface area contributed by atoms with Gasteiger partial charge in [0.1, 0.15) is 5.75 Å². The van der Waals surface area contributed by atoms with Gasteiger partial charge in [0.25, 0.3) is 0 Å². The van der Waals surface area contributed by atoms with Gasteiger partial charge in [-0.05, 0) is 24.1 Å². The smallest absolute Gasteiger partial charge is 0.449 e. The first-order valence-electron chi connectivity index (χ1n) is 8.61. The van der Waals surface area contributed by atoms with E-state index in [-0.39, 0.29) is 24.1 Å². The number of ether oxygens (including phenoxy) is 1. The Hall–Kier alpha value is -2.47. The van der Waals surface area contributed by atoms with Crippen molar-refractivity contribution in [2.75, 3.05) is 6.61 Å². The van der Waals surface area contributed by atoms with E-state index in [2.05, 4.69) is 4.74 Å². The topological polar surface area (TPSA) is 29.5 Å². The lowest BCUT2D eigenvalue weighted by Gasteiger charge is -2.41. The van der Waals surface area contributed by atoms with E-state index in [0.29, 0.717) is 12.1 Å². The van der Waals surface area contributed by atoms with Gasteiger partial charge in [-0.15, -0.1) is 0 Å². The highest BCUT2D eigenvalue weighted by Crippen LogP contribution is 2.63. The van der Waals surface area contributed by atoms with Crippen LogP contribution in [0.3, 0.4) is 0 Å². The molecule has 0 aromatic heterocycles. The summed E-state index contributed by atoms with van der Waals surface area (Å²) in [5, 5.41) is 8.70. The molecule has 0 spiro atoms. The van der Waals surface area contributed by atoms with Crippen molar-refractivity contribution in [1.29, 1.82) is 0 Å². The maximum atomic E-state index is 14.5. The summed E-state index contributed by atoms with van der Waals surface area (Å²) in [5.74, 6) is -6.22. The average molecular weight is 568 g/mol. The zero-order valence-electron chi connectivity index (χ0n) is 16.5. The Kier molecular flexibility index (Phi) is 8.28. The summed E-state index contributed by atoms with van der Waals surface area (Å²) in [6.45, 7) is -0.624. The van der Waals surface area contributed by atoms with E-state index in [0.717, 1.165) is 0 Å². The number of aliphatic hydroxyl groups is 1. The molecule has 0 saturated carbocycles. The molecule has 0 aliphatic carbocycles. The zero-order chi connectivity index (χ0) is 28.8. The van der Waals surface area contributed by atoms with Crippen LogP contribution in [0.15, 0.2) is 35.6 Å². The highest BCUT2D eigenvalue weighted by atomic mass is 19.4. The van der Waals surface area contributed by atoms with Crippen LogP contribution in [0.4, 0.5) is 74.6 Å². The third-order valence-electron chi connectivity index (χ3n) is 4.28. The molecule has 1 rings (SSSR count). The molecule has 208 valence electrons. The van der Waals surface area contributed by atoms with Crippen LogP contribution >= 0.6 is 0 Å². The number of benzene rings is 1. The molecule has 0 heterocycles. The number of halogens is 17. The molecule has 36 heavy (non-hydrogen) atoms. The highest BCUT2D eigenvalue weighted by Gasteiger charge is 2.88. The molecular formula is C17H9F17O2. The Morgan fingerprint density at radius 2 is 0.917 bits per heavy atom. The van der Waals surface area contributed by atoms with Crippen molar-refractivity contribution in [3.63, 3.8) is 0 Å². The van der Waals surface area contributed by atoms with Crippen molar-refractivity contribution in [2.45, 2.75) is 48.6 Å². The van der Waals surface area contributed by atoms with Crippen LogP contribution in [0.2, 0.25) is 0 Å². The van der Waals surface area contributed by atoms with Gasteiger partial charge in [-0.3, -0.25) is 0 Å². The van der Waals surface area contributed by atoms with E-state index in [1.165, 1.54) is 0 Å². The number of hydrogen-bond donors (Lipinski definition) is 1. The largest absolute Gasteiger partial charge is 0.452 e. The van der Waals surface area contributed by atoms with Gasteiger partial charge in [-0.1, -0.05) is 12.1 Å². The molecule has 0 atom stereocenters. The minimum absolute atomic E-state index is 0.0292. The summed E-state index contributed by atoms with van der Waals surface area (Å²) < 4.78 is 230. The second-order valence-corrected chi connectivity index (χ2v) is 6.73. The van der Waals surface area contributed by atoms with Gasteiger partial charge in [0.2, 0.25) is 5.76 Å². The third kappa shape index (κ3) is 5.59. The summed E-state index contributed by atoms with van der Waals surface area (Å²) in [6, 6.07) is 1.64. The van der Waals surface area contributed by atoms with E-state index >= 15 is 0 Å². The first kappa shape index (κ1) is 31.6. The summed E-state index contributed by atoms with van der Waals surface area (Å²) >= 11 is 0. The maximum absolute atomic E-state index is 14.5. The van der Waals surface area contributed by atoms with Crippen LogP contribution < -0.4 is 4.74 Å². The molecule has 0 aliphatic rings. The number of allylic oxidation sites excluding steroid dienone is 2. The van der Waals surface area contributed by atoms with Crippen LogP contribution in [0.5, 0.6) is 5.75 Å². The molecule has 2 nitrogen and oxygen atoms in total. The Morgan fingerprint density at radius 3 is 1.17 bits per heavy atom. The fraction of sp³-hybridized carbons (Fsp3) is 0.529. The first-order chi connectivity index (χ1) is 15.8. The van der Waals surface area contributed by atoms with Crippen molar-refractivity contribution in [2.24, 2.45) is 0 Å². The monoisotopic (exact) mass is 568 g/mol. The van der Waals surface area contributed by atoms with Crippen molar-refractivity contribution in [3.8, 4) is 5.75 Å². The normalized spacial score (nSPS) is 14.6. The fourth-order valence-corrected chi connectivity index (χ4v) is 2.66. The molecule has 1 aromatic carbocycles. The van der Waals surface area contributed by atoms with Crippen LogP contribution in [0, 0.1) is 0 Å². The standard InChI is InChI=1S/C17H9F17O2/c18-11(14(23,24)25,15(26,27)28)9(12(19,16(29,30)31)17(32,33)34)10(13(20,21)22)36-8-3-1-7(2-4-8)5-6-35/h1-4,35H,5-6H2. The maximum Gasteiger partial charge on any atom is 0.449 e.